The molecule has 0 atom stereocenters. The highest BCUT2D eigenvalue weighted by Crippen LogP contribution is 2.15. The summed E-state index contributed by atoms with van der Waals surface area (Å²) in [6.07, 6.45) is 1.21. The number of hydrogen-bond donors (Lipinski definition) is 2. The SMILES string of the molecule is CCNC(=NCc1ccc(S(C)(=O)=O)cc1)NCCN(CC)c1cccc(C)c1. The summed E-state index contributed by atoms with van der Waals surface area (Å²) in [4.78, 5) is 7.26. The fourth-order valence-electron chi connectivity index (χ4n) is 2.96. The Bertz CT molecular complexity index is 909. The number of guanidine groups is 1. The van der Waals surface area contributed by atoms with Crippen molar-refractivity contribution in [2.24, 2.45) is 4.99 Å². The maximum absolute atomic E-state index is 11.6. The quantitative estimate of drug-likeness (QED) is 0.486. The maximum Gasteiger partial charge on any atom is 0.191 e. The molecule has 7 heteroatoms. The van der Waals surface area contributed by atoms with E-state index in [1.807, 2.05) is 6.92 Å². The average molecular weight is 417 g/mol. The molecule has 0 radical (unpaired) electrons. The molecule has 0 aliphatic rings. The molecule has 2 N–H and O–H groups in total. The van der Waals surface area contributed by atoms with E-state index in [0.717, 1.165) is 37.7 Å². The average Bonchev–Trinajstić information content (AvgIpc) is 2.69. The van der Waals surface area contributed by atoms with Crippen LogP contribution < -0.4 is 15.5 Å². The minimum absolute atomic E-state index is 0.325. The van der Waals surface area contributed by atoms with Crippen LogP contribution in [0.4, 0.5) is 5.69 Å². The number of rotatable bonds is 9. The van der Waals surface area contributed by atoms with E-state index in [9.17, 15) is 8.42 Å². The molecule has 0 bridgehead atoms. The Kier molecular flexibility index (Phi) is 8.51. The fraction of sp³-hybridized carbons (Fsp3) is 0.409. The molecular formula is C22H32N4O2S. The lowest BCUT2D eigenvalue weighted by atomic mass is 10.2. The Balaban J connectivity index is 1.94. The summed E-state index contributed by atoms with van der Waals surface area (Å²) < 4.78 is 23.1. The van der Waals surface area contributed by atoms with Gasteiger partial charge in [-0.05, 0) is 56.2 Å². The molecule has 0 aromatic heterocycles. The van der Waals surface area contributed by atoms with Crippen molar-refractivity contribution in [3.63, 3.8) is 0 Å². The predicted octanol–water partition coefficient (Wildman–Crippen LogP) is 2.98. The summed E-state index contributed by atoms with van der Waals surface area (Å²) in [5, 5.41) is 6.63. The van der Waals surface area contributed by atoms with Crippen LogP contribution in [0.5, 0.6) is 0 Å². The highest BCUT2D eigenvalue weighted by molar-refractivity contribution is 7.90. The van der Waals surface area contributed by atoms with Gasteiger partial charge in [0.15, 0.2) is 15.8 Å². The van der Waals surface area contributed by atoms with Crippen LogP contribution in [0.3, 0.4) is 0 Å². The first-order valence-corrected chi connectivity index (χ1v) is 11.9. The Morgan fingerprint density at radius 2 is 1.79 bits per heavy atom. The lowest BCUT2D eigenvalue weighted by Gasteiger charge is -2.24. The van der Waals surface area contributed by atoms with Crippen molar-refractivity contribution in [1.82, 2.24) is 10.6 Å². The van der Waals surface area contributed by atoms with E-state index in [-0.39, 0.29) is 0 Å². The number of aliphatic imine (C=N–C) groups is 1. The molecule has 0 spiro atoms. The van der Waals surface area contributed by atoms with Gasteiger partial charge in [-0.25, -0.2) is 13.4 Å². The van der Waals surface area contributed by atoms with E-state index in [1.165, 1.54) is 17.5 Å². The molecular weight excluding hydrogens is 384 g/mol. The molecule has 0 saturated heterocycles. The van der Waals surface area contributed by atoms with Crippen molar-refractivity contribution in [2.45, 2.75) is 32.2 Å². The third-order valence-electron chi connectivity index (χ3n) is 4.54. The molecule has 2 rings (SSSR count). The fourth-order valence-corrected chi connectivity index (χ4v) is 3.59. The summed E-state index contributed by atoms with van der Waals surface area (Å²) in [5.41, 5.74) is 3.44. The van der Waals surface area contributed by atoms with Gasteiger partial charge in [0.05, 0.1) is 11.4 Å². The second kappa shape index (κ2) is 10.9. The number of likely N-dealkylation sites (N-methyl/N-ethyl adjacent to an activating group) is 1. The Morgan fingerprint density at radius 1 is 1.07 bits per heavy atom. The van der Waals surface area contributed by atoms with E-state index >= 15 is 0 Å². The van der Waals surface area contributed by atoms with Crippen molar-refractivity contribution < 1.29 is 8.42 Å². The summed E-state index contributed by atoms with van der Waals surface area (Å²) in [5.74, 6) is 0.750. The van der Waals surface area contributed by atoms with Crippen molar-refractivity contribution >= 4 is 21.5 Å². The van der Waals surface area contributed by atoms with Crippen LogP contribution in [0.1, 0.15) is 25.0 Å². The van der Waals surface area contributed by atoms with Crippen molar-refractivity contribution in [2.75, 3.05) is 37.3 Å². The minimum Gasteiger partial charge on any atom is -0.370 e. The largest absolute Gasteiger partial charge is 0.370 e. The van der Waals surface area contributed by atoms with Crippen LogP contribution in [0.2, 0.25) is 0 Å². The summed E-state index contributed by atoms with van der Waals surface area (Å²) >= 11 is 0. The summed E-state index contributed by atoms with van der Waals surface area (Å²) in [6.45, 7) is 10.1. The van der Waals surface area contributed by atoms with Gasteiger partial charge in [0, 0.05) is 38.1 Å². The van der Waals surface area contributed by atoms with Gasteiger partial charge in [0.2, 0.25) is 0 Å². The maximum atomic E-state index is 11.6. The first-order valence-electron chi connectivity index (χ1n) is 9.96. The molecule has 0 heterocycles. The number of nitrogens with one attached hydrogen (secondary N) is 2. The molecule has 0 aliphatic carbocycles. The molecule has 0 aliphatic heterocycles. The van der Waals surface area contributed by atoms with Crippen LogP contribution in [-0.2, 0) is 16.4 Å². The third kappa shape index (κ3) is 7.42. The highest BCUT2D eigenvalue weighted by atomic mass is 32.2. The summed E-state index contributed by atoms with van der Waals surface area (Å²) in [7, 11) is -3.17. The Hall–Kier alpha value is -2.54. The van der Waals surface area contributed by atoms with Gasteiger partial charge < -0.3 is 15.5 Å². The van der Waals surface area contributed by atoms with E-state index in [0.29, 0.717) is 11.4 Å². The van der Waals surface area contributed by atoms with Gasteiger partial charge in [-0.1, -0.05) is 24.3 Å². The van der Waals surface area contributed by atoms with E-state index < -0.39 is 9.84 Å². The smallest absolute Gasteiger partial charge is 0.191 e. The standard InChI is InChI=1S/C22H32N4O2S/c1-5-23-22(25-17-19-10-12-21(13-11-19)29(4,27)28)24-14-15-26(6-2)20-9-7-8-18(3)16-20/h7-13,16H,5-6,14-15,17H2,1-4H3,(H2,23,24,25). The van der Waals surface area contributed by atoms with E-state index in [2.05, 4.69) is 58.6 Å². The second-order valence-electron chi connectivity index (χ2n) is 6.96. The van der Waals surface area contributed by atoms with Crippen molar-refractivity contribution in [3.05, 3.63) is 59.7 Å². The Morgan fingerprint density at radius 3 is 2.38 bits per heavy atom. The Labute approximate surface area is 175 Å². The lowest BCUT2D eigenvalue weighted by Crippen LogP contribution is -2.41. The molecule has 2 aromatic rings. The first kappa shape index (κ1) is 22.7. The van der Waals surface area contributed by atoms with Crippen LogP contribution >= 0.6 is 0 Å². The topological polar surface area (TPSA) is 73.8 Å². The van der Waals surface area contributed by atoms with Crippen molar-refractivity contribution in [1.29, 1.82) is 0 Å². The van der Waals surface area contributed by atoms with Gasteiger partial charge in [-0.2, -0.15) is 0 Å². The second-order valence-corrected chi connectivity index (χ2v) is 8.97. The molecule has 0 saturated carbocycles. The molecule has 0 amide bonds. The number of anilines is 1. The van der Waals surface area contributed by atoms with Crippen molar-refractivity contribution in [3.8, 4) is 0 Å². The monoisotopic (exact) mass is 416 g/mol. The van der Waals surface area contributed by atoms with Crippen LogP contribution in [0.25, 0.3) is 0 Å². The van der Waals surface area contributed by atoms with E-state index in [1.54, 1.807) is 24.3 Å². The van der Waals surface area contributed by atoms with Gasteiger partial charge in [0.1, 0.15) is 0 Å². The number of sulfone groups is 1. The highest BCUT2D eigenvalue weighted by Gasteiger charge is 2.07. The first-order chi connectivity index (χ1) is 13.8. The number of hydrogen-bond acceptors (Lipinski definition) is 4. The molecule has 6 nitrogen and oxygen atoms in total. The molecule has 2 aromatic carbocycles. The molecule has 158 valence electrons. The van der Waals surface area contributed by atoms with Crippen LogP contribution in [0, 0.1) is 6.92 Å². The third-order valence-corrected chi connectivity index (χ3v) is 5.67. The zero-order valence-corrected chi connectivity index (χ0v) is 18.6. The normalized spacial score (nSPS) is 11.9. The molecule has 0 fully saturated rings. The lowest BCUT2D eigenvalue weighted by molar-refractivity contribution is 0.602. The van der Waals surface area contributed by atoms with E-state index in [4.69, 9.17) is 0 Å². The van der Waals surface area contributed by atoms with Gasteiger partial charge in [-0.15, -0.1) is 0 Å². The zero-order chi connectivity index (χ0) is 21.3. The zero-order valence-electron chi connectivity index (χ0n) is 17.8. The minimum atomic E-state index is -3.17. The van der Waals surface area contributed by atoms with Crippen LogP contribution in [0.15, 0.2) is 58.4 Å². The number of benzene rings is 2. The molecule has 29 heavy (non-hydrogen) atoms. The molecule has 0 unspecified atom stereocenters. The predicted molar refractivity (Wildman–Crippen MR) is 121 cm³/mol. The van der Waals surface area contributed by atoms with Gasteiger partial charge in [-0.3, -0.25) is 0 Å². The number of nitrogens with zero attached hydrogens (tertiary/aromatic N) is 2. The number of aryl methyl sites for hydroxylation is 1. The van der Waals surface area contributed by atoms with Gasteiger partial charge >= 0.3 is 0 Å². The summed E-state index contributed by atoms with van der Waals surface area (Å²) in [6, 6.07) is 15.4. The van der Waals surface area contributed by atoms with Crippen LogP contribution in [-0.4, -0.2) is 46.8 Å². The van der Waals surface area contributed by atoms with Gasteiger partial charge in [0.25, 0.3) is 0 Å².